The van der Waals surface area contributed by atoms with Gasteiger partial charge in [-0.05, 0) is 43.9 Å². The minimum atomic E-state index is 0.0472. The van der Waals surface area contributed by atoms with Gasteiger partial charge in [-0.2, -0.15) is 0 Å². The highest BCUT2D eigenvalue weighted by Crippen LogP contribution is 2.25. The molecule has 0 bridgehead atoms. The predicted octanol–water partition coefficient (Wildman–Crippen LogP) is 4.40. The summed E-state index contributed by atoms with van der Waals surface area (Å²) >= 11 is 11.9. The number of carbonyl (C=O) groups is 1. The maximum atomic E-state index is 12.5. The van der Waals surface area contributed by atoms with E-state index in [1.165, 1.54) is 6.42 Å². The number of likely N-dealkylation sites (tertiary alicyclic amines) is 1. The first-order valence-electron chi connectivity index (χ1n) is 6.39. The van der Waals surface area contributed by atoms with E-state index in [4.69, 9.17) is 23.2 Å². The Hall–Kier alpha value is -0.730. The van der Waals surface area contributed by atoms with Crippen LogP contribution in [0, 0.1) is 0 Å². The van der Waals surface area contributed by atoms with Crippen molar-refractivity contribution in [2.75, 3.05) is 6.54 Å². The van der Waals surface area contributed by atoms with Gasteiger partial charge in [-0.1, -0.05) is 30.1 Å². The number of hydrogen-bond acceptors (Lipinski definition) is 1. The molecule has 0 N–H and O–H groups in total. The molecule has 0 saturated carbocycles. The molecular weight excluding hydrogens is 269 g/mol. The van der Waals surface area contributed by atoms with Crippen molar-refractivity contribution in [3.05, 3.63) is 33.8 Å². The lowest BCUT2D eigenvalue weighted by atomic mass is 9.99. The summed E-state index contributed by atoms with van der Waals surface area (Å²) < 4.78 is 0. The minimum Gasteiger partial charge on any atom is -0.336 e. The molecular formula is C14H17Cl2NO. The molecule has 1 atom stereocenters. The number of halogens is 2. The van der Waals surface area contributed by atoms with Crippen molar-refractivity contribution in [2.45, 2.75) is 38.6 Å². The zero-order chi connectivity index (χ0) is 13.1. The summed E-state index contributed by atoms with van der Waals surface area (Å²) in [5, 5.41) is 1.02. The average Bonchev–Trinajstić information content (AvgIpc) is 2.36. The fourth-order valence-electron chi connectivity index (χ4n) is 2.54. The van der Waals surface area contributed by atoms with Crippen LogP contribution < -0.4 is 0 Å². The van der Waals surface area contributed by atoms with E-state index in [-0.39, 0.29) is 5.91 Å². The lowest BCUT2D eigenvalue weighted by Crippen LogP contribution is -2.43. The molecule has 18 heavy (non-hydrogen) atoms. The molecule has 0 aromatic heterocycles. The van der Waals surface area contributed by atoms with Gasteiger partial charge in [0.1, 0.15) is 0 Å². The Bertz CT molecular complexity index is 427. The Morgan fingerprint density at radius 3 is 2.56 bits per heavy atom. The topological polar surface area (TPSA) is 20.3 Å². The number of benzene rings is 1. The molecule has 1 amide bonds. The smallest absolute Gasteiger partial charge is 0.254 e. The van der Waals surface area contributed by atoms with E-state index in [1.807, 2.05) is 4.90 Å². The van der Waals surface area contributed by atoms with Crippen LogP contribution in [0.25, 0.3) is 0 Å². The van der Waals surface area contributed by atoms with E-state index in [2.05, 4.69) is 6.92 Å². The molecule has 0 spiro atoms. The second-order valence-electron chi connectivity index (χ2n) is 4.71. The maximum absolute atomic E-state index is 12.5. The largest absolute Gasteiger partial charge is 0.336 e. The first-order valence-corrected chi connectivity index (χ1v) is 7.14. The van der Waals surface area contributed by atoms with Crippen LogP contribution in [0.15, 0.2) is 18.2 Å². The molecule has 1 aromatic rings. The van der Waals surface area contributed by atoms with Gasteiger partial charge in [-0.15, -0.1) is 0 Å². The number of carbonyl (C=O) groups excluding carboxylic acids is 1. The van der Waals surface area contributed by atoms with Gasteiger partial charge >= 0.3 is 0 Å². The lowest BCUT2D eigenvalue weighted by Gasteiger charge is -2.35. The monoisotopic (exact) mass is 285 g/mol. The van der Waals surface area contributed by atoms with Crippen LogP contribution in [0.2, 0.25) is 10.0 Å². The summed E-state index contributed by atoms with van der Waals surface area (Å²) in [4.78, 5) is 14.4. The summed E-state index contributed by atoms with van der Waals surface area (Å²) in [6.45, 7) is 2.96. The fourth-order valence-corrected chi connectivity index (χ4v) is 3.06. The quantitative estimate of drug-likeness (QED) is 0.789. The van der Waals surface area contributed by atoms with Crippen LogP contribution in [0.4, 0.5) is 0 Å². The normalized spacial score (nSPS) is 19.9. The molecule has 0 unspecified atom stereocenters. The summed E-state index contributed by atoms with van der Waals surface area (Å²) in [7, 11) is 0. The van der Waals surface area contributed by atoms with Crippen molar-refractivity contribution in [3.63, 3.8) is 0 Å². The second kappa shape index (κ2) is 5.94. The number of amides is 1. The second-order valence-corrected chi connectivity index (χ2v) is 5.59. The molecule has 1 fully saturated rings. The van der Waals surface area contributed by atoms with Crippen molar-refractivity contribution in [3.8, 4) is 0 Å². The Balaban J connectivity index is 2.23. The molecule has 1 aromatic carbocycles. The van der Waals surface area contributed by atoms with E-state index in [0.29, 0.717) is 21.7 Å². The van der Waals surface area contributed by atoms with Gasteiger partial charge < -0.3 is 4.90 Å². The Morgan fingerprint density at radius 2 is 1.94 bits per heavy atom. The highest BCUT2D eigenvalue weighted by molar-refractivity contribution is 6.35. The number of rotatable bonds is 2. The standard InChI is InChI=1S/C14H17Cl2NO/c1-2-13-5-3-4-6-17(13)14(18)10-7-11(15)9-12(16)8-10/h7-9,13H,2-6H2,1H3/t13-/m0/s1. The van der Waals surface area contributed by atoms with E-state index in [1.54, 1.807) is 18.2 Å². The van der Waals surface area contributed by atoms with Gasteiger partial charge in [0.25, 0.3) is 5.91 Å². The number of hydrogen-bond donors (Lipinski definition) is 0. The highest BCUT2D eigenvalue weighted by atomic mass is 35.5. The van der Waals surface area contributed by atoms with Crippen molar-refractivity contribution in [2.24, 2.45) is 0 Å². The van der Waals surface area contributed by atoms with Gasteiger partial charge in [0.2, 0.25) is 0 Å². The third kappa shape index (κ3) is 2.99. The minimum absolute atomic E-state index is 0.0472. The van der Waals surface area contributed by atoms with E-state index in [0.717, 1.165) is 25.8 Å². The fraction of sp³-hybridized carbons (Fsp3) is 0.500. The number of nitrogens with zero attached hydrogens (tertiary/aromatic N) is 1. The van der Waals surface area contributed by atoms with Crippen molar-refractivity contribution < 1.29 is 4.79 Å². The van der Waals surface area contributed by atoms with E-state index >= 15 is 0 Å². The molecule has 1 aliphatic heterocycles. The summed E-state index contributed by atoms with van der Waals surface area (Å²) in [6.07, 6.45) is 4.38. The third-order valence-corrected chi connectivity index (χ3v) is 3.91. The Labute approximate surface area is 118 Å². The molecule has 1 saturated heterocycles. The maximum Gasteiger partial charge on any atom is 0.254 e. The first-order chi connectivity index (χ1) is 8.61. The number of piperidine rings is 1. The highest BCUT2D eigenvalue weighted by Gasteiger charge is 2.26. The molecule has 1 heterocycles. The molecule has 0 radical (unpaired) electrons. The zero-order valence-corrected chi connectivity index (χ0v) is 12.0. The molecule has 98 valence electrons. The lowest BCUT2D eigenvalue weighted by molar-refractivity contribution is 0.0608. The van der Waals surface area contributed by atoms with Gasteiger partial charge in [-0.25, -0.2) is 0 Å². The van der Waals surface area contributed by atoms with Crippen LogP contribution in [-0.2, 0) is 0 Å². The van der Waals surface area contributed by atoms with Crippen molar-refractivity contribution in [1.82, 2.24) is 4.90 Å². The zero-order valence-electron chi connectivity index (χ0n) is 10.5. The summed E-state index contributed by atoms with van der Waals surface area (Å²) in [6, 6.07) is 5.38. The third-order valence-electron chi connectivity index (χ3n) is 3.47. The van der Waals surface area contributed by atoms with E-state index in [9.17, 15) is 4.79 Å². The molecule has 4 heteroatoms. The molecule has 2 rings (SSSR count). The van der Waals surface area contributed by atoms with Gasteiger partial charge in [0, 0.05) is 28.2 Å². The molecule has 1 aliphatic rings. The predicted molar refractivity (Wildman–Crippen MR) is 75.4 cm³/mol. The van der Waals surface area contributed by atoms with E-state index < -0.39 is 0 Å². The van der Waals surface area contributed by atoms with Crippen LogP contribution in [-0.4, -0.2) is 23.4 Å². The Morgan fingerprint density at radius 1 is 1.28 bits per heavy atom. The van der Waals surface area contributed by atoms with Crippen molar-refractivity contribution in [1.29, 1.82) is 0 Å². The average molecular weight is 286 g/mol. The van der Waals surface area contributed by atoms with Gasteiger partial charge in [0.05, 0.1) is 0 Å². The summed E-state index contributed by atoms with van der Waals surface area (Å²) in [5.74, 6) is 0.0472. The molecule has 0 aliphatic carbocycles. The summed E-state index contributed by atoms with van der Waals surface area (Å²) in [5.41, 5.74) is 0.591. The molecule has 2 nitrogen and oxygen atoms in total. The van der Waals surface area contributed by atoms with Crippen LogP contribution in [0.1, 0.15) is 43.0 Å². The first kappa shape index (κ1) is 13.7. The van der Waals surface area contributed by atoms with Crippen molar-refractivity contribution >= 4 is 29.1 Å². The Kier molecular flexibility index (Phi) is 4.52. The van der Waals surface area contributed by atoms with Gasteiger partial charge in [0.15, 0.2) is 0 Å². The van der Waals surface area contributed by atoms with Crippen LogP contribution in [0.5, 0.6) is 0 Å². The van der Waals surface area contributed by atoms with Crippen LogP contribution >= 0.6 is 23.2 Å². The van der Waals surface area contributed by atoms with Gasteiger partial charge in [-0.3, -0.25) is 4.79 Å². The SMILES string of the molecule is CC[C@H]1CCCCN1C(=O)c1cc(Cl)cc(Cl)c1. The van der Waals surface area contributed by atoms with Crippen LogP contribution in [0.3, 0.4) is 0 Å².